The van der Waals surface area contributed by atoms with Gasteiger partial charge >= 0.3 is 0 Å². The summed E-state index contributed by atoms with van der Waals surface area (Å²) in [7, 11) is 0. The Morgan fingerprint density at radius 1 is 1.31 bits per heavy atom. The molecule has 2 amide bonds. The van der Waals surface area contributed by atoms with Gasteiger partial charge in [-0.3, -0.25) is 9.59 Å². The lowest BCUT2D eigenvalue weighted by atomic mass is 10.2. The molecule has 5 heteroatoms. The van der Waals surface area contributed by atoms with Gasteiger partial charge in [-0.2, -0.15) is 0 Å². The van der Waals surface area contributed by atoms with Crippen LogP contribution in [0, 0.1) is 0 Å². The quantitative estimate of drug-likeness (QED) is 0.651. The number of allylic oxidation sites excluding steroid dienone is 1. The Labute approximate surface area is 102 Å². The van der Waals surface area contributed by atoms with Gasteiger partial charge in [0.15, 0.2) is 0 Å². The molecule has 16 heavy (non-hydrogen) atoms. The van der Waals surface area contributed by atoms with E-state index in [1.165, 1.54) is 6.08 Å². The zero-order valence-corrected chi connectivity index (χ0v) is 10.0. The standard InChI is InChI=1S/C11H11BrN2O2/c12-7-1-2-10(15)14-9-5-3-8(4-6-9)11(13)16/h1-6H,7H2,(H2,13,16)(H,14,15)/b2-1+. The molecule has 1 aromatic carbocycles. The highest BCUT2D eigenvalue weighted by Gasteiger charge is 2.01. The molecule has 0 unspecified atom stereocenters. The first-order chi connectivity index (χ1) is 7.63. The predicted octanol–water partition coefficient (Wildman–Crippen LogP) is 1.68. The topological polar surface area (TPSA) is 72.2 Å². The Kier molecular flexibility index (Phi) is 4.72. The number of nitrogens with one attached hydrogen (secondary N) is 1. The molecule has 0 spiro atoms. The van der Waals surface area contributed by atoms with Crippen molar-refractivity contribution in [1.82, 2.24) is 0 Å². The molecular weight excluding hydrogens is 272 g/mol. The number of carbonyl (C=O) groups is 2. The van der Waals surface area contributed by atoms with Gasteiger partial charge in [-0.15, -0.1) is 0 Å². The minimum Gasteiger partial charge on any atom is -0.366 e. The Morgan fingerprint density at radius 2 is 1.94 bits per heavy atom. The van der Waals surface area contributed by atoms with Crippen LogP contribution in [0.4, 0.5) is 5.69 Å². The van der Waals surface area contributed by atoms with Crippen molar-refractivity contribution in [3.8, 4) is 0 Å². The van der Waals surface area contributed by atoms with Crippen LogP contribution in [-0.2, 0) is 4.79 Å². The fourth-order valence-corrected chi connectivity index (χ4v) is 1.24. The monoisotopic (exact) mass is 282 g/mol. The Hall–Kier alpha value is -1.62. The molecule has 1 rings (SSSR count). The van der Waals surface area contributed by atoms with Gasteiger partial charge in [-0.25, -0.2) is 0 Å². The van der Waals surface area contributed by atoms with Gasteiger partial charge in [0.1, 0.15) is 0 Å². The second-order valence-electron chi connectivity index (χ2n) is 2.99. The van der Waals surface area contributed by atoms with Crippen molar-refractivity contribution >= 4 is 33.4 Å². The lowest BCUT2D eigenvalue weighted by Gasteiger charge is -2.02. The third-order valence-electron chi connectivity index (χ3n) is 1.80. The van der Waals surface area contributed by atoms with Crippen molar-refractivity contribution in [1.29, 1.82) is 0 Å². The average molecular weight is 283 g/mol. The number of halogens is 1. The van der Waals surface area contributed by atoms with Gasteiger partial charge in [0, 0.05) is 22.7 Å². The summed E-state index contributed by atoms with van der Waals surface area (Å²) in [6, 6.07) is 6.37. The molecular formula is C11H11BrN2O2. The van der Waals surface area contributed by atoms with Crippen LogP contribution in [0.3, 0.4) is 0 Å². The van der Waals surface area contributed by atoms with Crippen LogP contribution in [-0.4, -0.2) is 17.1 Å². The number of anilines is 1. The van der Waals surface area contributed by atoms with E-state index in [9.17, 15) is 9.59 Å². The minimum atomic E-state index is -0.489. The lowest BCUT2D eigenvalue weighted by Crippen LogP contribution is -2.11. The zero-order chi connectivity index (χ0) is 12.0. The van der Waals surface area contributed by atoms with E-state index in [0.717, 1.165) is 0 Å². The smallest absolute Gasteiger partial charge is 0.248 e. The van der Waals surface area contributed by atoms with E-state index < -0.39 is 5.91 Å². The van der Waals surface area contributed by atoms with Crippen LogP contribution >= 0.6 is 15.9 Å². The highest BCUT2D eigenvalue weighted by Crippen LogP contribution is 2.08. The first-order valence-corrected chi connectivity index (χ1v) is 5.69. The Balaban J connectivity index is 2.65. The molecule has 0 aliphatic carbocycles. The summed E-state index contributed by atoms with van der Waals surface area (Å²) in [6.45, 7) is 0. The average Bonchev–Trinajstić information content (AvgIpc) is 2.27. The number of primary amides is 1. The highest BCUT2D eigenvalue weighted by molar-refractivity contribution is 9.09. The molecule has 3 N–H and O–H groups in total. The number of amides is 2. The molecule has 0 aliphatic heterocycles. The maximum absolute atomic E-state index is 11.3. The number of alkyl halides is 1. The van der Waals surface area contributed by atoms with E-state index in [0.29, 0.717) is 16.6 Å². The molecule has 0 atom stereocenters. The first kappa shape index (κ1) is 12.4. The molecule has 0 fully saturated rings. The summed E-state index contributed by atoms with van der Waals surface area (Å²) in [5.41, 5.74) is 6.12. The highest BCUT2D eigenvalue weighted by atomic mass is 79.9. The van der Waals surface area contributed by atoms with Crippen molar-refractivity contribution < 1.29 is 9.59 Å². The van der Waals surface area contributed by atoms with Crippen molar-refractivity contribution in [3.63, 3.8) is 0 Å². The van der Waals surface area contributed by atoms with Gasteiger partial charge in [0.25, 0.3) is 0 Å². The Morgan fingerprint density at radius 3 is 2.44 bits per heavy atom. The summed E-state index contributed by atoms with van der Waals surface area (Å²) in [6.07, 6.45) is 3.11. The van der Waals surface area contributed by atoms with Crippen molar-refractivity contribution in [2.24, 2.45) is 5.73 Å². The molecule has 4 nitrogen and oxygen atoms in total. The zero-order valence-electron chi connectivity index (χ0n) is 8.44. The van der Waals surface area contributed by atoms with Gasteiger partial charge in [-0.05, 0) is 24.3 Å². The van der Waals surface area contributed by atoms with Crippen LogP contribution in [0.5, 0.6) is 0 Å². The number of carbonyl (C=O) groups excluding carboxylic acids is 2. The van der Waals surface area contributed by atoms with E-state index in [2.05, 4.69) is 21.2 Å². The molecule has 0 radical (unpaired) electrons. The molecule has 0 saturated carbocycles. The van der Waals surface area contributed by atoms with E-state index in [4.69, 9.17) is 5.73 Å². The lowest BCUT2D eigenvalue weighted by molar-refractivity contribution is -0.111. The van der Waals surface area contributed by atoms with Crippen LogP contribution in [0.15, 0.2) is 36.4 Å². The maximum Gasteiger partial charge on any atom is 0.248 e. The van der Waals surface area contributed by atoms with Gasteiger partial charge in [0.05, 0.1) is 0 Å². The first-order valence-electron chi connectivity index (χ1n) is 4.57. The fraction of sp³-hybridized carbons (Fsp3) is 0.0909. The summed E-state index contributed by atoms with van der Waals surface area (Å²) < 4.78 is 0. The molecule has 1 aromatic rings. The molecule has 0 saturated heterocycles. The molecule has 0 aliphatic rings. The SMILES string of the molecule is NC(=O)c1ccc(NC(=O)/C=C/CBr)cc1. The van der Waals surface area contributed by atoms with E-state index in [1.807, 2.05) is 0 Å². The Bertz CT molecular complexity index is 412. The van der Waals surface area contributed by atoms with Gasteiger partial charge in [-0.1, -0.05) is 22.0 Å². The minimum absolute atomic E-state index is 0.216. The molecule has 0 heterocycles. The predicted molar refractivity (Wildman–Crippen MR) is 66.5 cm³/mol. The second kappa shape index (κ2) is 6.07. The van der Waals surface area contributed by atoms with Crippen molar-refractivity contribution in [2.75, 3.05) is 10.6 Å². The largest absolute Gasteiger partial charge is 0.366 e. The number of rotatable bonds is 4. The fourth-order valence-electron chi connectivity index (χ4n) is 1.05. The van der Waals surface area contributed by atoms with Crippen molar-refractivity contribution in [3.05, 3.63) is 42.0 Å². The van der Waals surface area contributed by atoms with Gasteiger partial charge < -0.3 is 11.1 Å². The van der Waals surface area contributed by atoms with E-state index in [1.54, 1.807) is 30.3 Å². The van der Waals surface area contributed by atoms with Gasteiger partial charge in [0.2, 0.25) is 11.8 Å². The number of hydrogen-bond acceptors (Lipinski definition) is 2. The molecule has 0 bridgehead atoms. The van der Waals surface area contributed by atoms with Crippen LogP contribution < -0.4 is 11.1 Å². The number of benzene rings is 1. The van der Waals surface area contributed by atoms with Crippen LogP contribution in [0.25, 0.3) is 0 Å². The summed E-state index contributed by atoms with van der Waals surface area (Å²) >= 11 is 3.17. The van der Waals surface area contributed by atoms with Crippen LogP contribution in [0.2, 0.25) is 0 Å². The molecule has 0 aromatic heterocycles. The van der Waals surface area contributed by atoms with Crippen LogP contribution in [0.1, 0.15) is 10.4 Å². The summed E-state index contributed by atoms with van der Waals surface area (Å²) in [5.74, 6) is -0.705. The number of nitrogens with two attached hydrogens (primary N) is 1. The second-order valence-corrected chi connectivity index (χ2v) is 3.64. The van der Waals surface area contributed by atoms with E-state index >= 15 is 0 Å². The number of hydrogen-bond donors (Lipinski definition) is 2. The van der Waals surface area contributed by atoms with Crippen molar-refractivity contribution in [2.45, 2.75) is 0 Å². The normalized spacial score (nSPS) is 10.3. The van der Waals surface area contributed by atoms with E-state index in [-0.39, 0.29) is 5.91 Å². The third kappa shape index (κ3) is 3.86. The summed E-state index contributed by atoms with van der Waals surface area (Å²) in [5, 5.41) is 3.27. The maximum atomic E-state index is 11.3. The third-order valence-corrected chi connectivity index (χ3v) is 2.17. The summed E-state index contributed by atoms with van der Waals surface area (Å²) in [4.78, 5) is 22.1. The molecule has 84 valence electrons.